The standard InChI is InChI=1S/C15H17NO5/c1-4-10-5-7-11(8-6-10)14(18)16-12(15(19)21-3)9-13(17)20-2/h4-8,12H,1,9H2,2-3H3,(H,16,18). The molecule has 1 unspecified atom stereocenters. The topological polar surface area (TPSA) is 81.7 Å². The number of rotatable bonds is 6. The van der Waals surface area contributed by atoms with Crippen LogP contribution >= 0.6 is 0 Å². The SMILES string of the molecule is C=Cc1ccc(C(=O)NC(CC(=O)OC)C(=O)OC)cc1. The lowest BCUT2D eigenvalue weighted by molar-refractivity contribution is -0.149. The molecule has 0 heterocycles. The van der Waals surface area contributed by atoms with Gasteiger partial charge < -0.3 is 14.8 Å². The van der Waals surface area contributed by atoms with E-state index in [-0.39, 0.29) is 6.42 Å². The van der Waals surface area contributed by atoms with Crippen LogP contribution < -0.4 is 5.32 Å². The van der Waals surface area contributed by atoms with Crippen LogP contribution in [0.5, 0.6) is 0 Å². The van der Waals surface area contributed by atoms with Crippen LogP contribution in [0, 0.1) is 0 Å². The van der Waals surface area contributed by atoms with E-state index in [2.05, 4.69) is 21.4 Å². The number of hydrogen-bond donors (Lipinski definition) is 1. The number of hydrogen-bond acceptors (Lipinski definition) is 5. The molecule has 6 nitrogen and oxygen atoms in total. The van der Waals surface area contributed by atoms with E-state index in [0.717, 1.165) is 5.56 Å². The van der Waals surface area contributed by atoms with Gasteiger partial charge in [0, 0.05) is 5.56 Å². The van der Waals surface area contributed by atoms with Gasteiger partial charge in [0.15, 0.2) is 0 Å². The number of nitrogens with one attached hydrogen (secondary N) is 1. The Bertz CT molecular complexity index is 535. The van der Waals surface area contributed by atoms with Gasteiger partial charge in [-0.2, -0.15) is 0 Å². The van der Waals surface area contributed by atoms with Crippen LogP contribution in [-0.4, -0.2) is 38.1 Å². The molecule has 1 atom stereocenters. The maximum absolute atomic E-state index is 12.0. The Kier molecular flexibility index (Phi) is 6.13. The van der Waals surface area contributed by atoms with Crippen molar-refractivity contribution in [3.63, 3.8) is 0 Å². The molecule has 0 spiro atoms. The van der Waals surface area contributed by atoms with Gasteiger partial charge in [0.25, 0.3) is 5.91 Å². The average Bonchev–Trinajstić information content (AvgIpc) is 2.53. The largest absolute Gasteiger partial charge is 0.469 e. The summed E-state index contributed by atoms with van der Waals surface area (Å²) in [5.41, 5.74) is 1.23. The molecular formula is C15H17NO5. The van der Waals surface area contributed by atoms with Crippen LogP contribution in [0.25, 0.3) is 6.08 Å². The van der Waals surface area contributed by atoms with Crippen molar-refractivity contribution >= 4 is 23.9 Å². The summed E-state index contributed by atoms with van der Waals surface area (Å²) >= 11 is 0. The summed E-state index contributed by atoms with van der Waals surface area (Å²) < 4.78 is 9.04. The van der Waals surface area contributed by atoms with E-state index in [4.69, 9.17) is 0 Å². The zero-order valence-electron chi connectivity index (χ0n) is 11.9. The van der Waals surface area contributed by atoms with Crippen molar-refractivity contribution in [3.05, 3.63) is 42.0 Å². The lowest BCUT2D eigenvalue weighted by Gasteiger charge is -2.15. The predicted octanol–water partition coefficient (Wildman–Crippen LogP) is 1.16. The molecule has 112 valence electrons. The van der Waals surface area contributed by atoms with Gasteiger partial charge in [-0.1, -0.05) is 24.8 Å². The number of carbonyl (C=O) groups excluding carboxylic acids is 3. The smallest absolute Gasteiger partial charge is 0.328 e. The van der Waals surface area contributed by atoms with Crippen molar-refractivity contribution in [2.45, 2.75) is 12.5 Å². The highest BCUT2D eigenvalue weighted by atomic mass is 16.5. The molecule has 0 fully saturated rings. The molecule has 1 aromatic rings. The molecule has 0 aliphatic rings. The van der Waals surface area contributed by atoms with E-state index in [1.165, 1.54) is 14.2 Å². The fourth-order valence-electron chi connectivity index (χ4n) is 1.60. The monoisotopic (exact) mass is 291 g/mol. The Morgan fingerprint density at radius 3 is 2.29 bits per heavy atom. The highest BCUT2D eigenvalue weighted by Crippen LogP contribution is 2.07. The van der Waals surface area contributed by atoms with Crippen LogP contribution in [0.15, 0.2) is 30.8 Å². The van der Waals surface area contributed by atoms with Crippen LogP contribution in [0.2, 0.25) is 0 Å². The van der Waals surface area contributed by atoms with Gasteiger partial charge in [0.05, 0.1) is 20.6 Å². The fourth-order valence-corrected chi connectivity index (χ4v) is 1.60. The lowest BCUT2D eigenvalue weighted by Crippen LogP contribution is -2.43. The van der Waals surface area contributed by atoms with E-state index in [9.17, 15) is 14.4 Å². The first-order valence-corrected chi connectivity index (χ1v) is 6.19. The van der Waals surface area contributed by atoms with Crippen molar-refractivity contribution in [2.75, 3.05) is 14.2 Å². The molecule has 0 aliphatic heterocycles. The molecule has 21 heavy (non-hydrogen) atoms. The summed E-state index contributed by atoms with van der Waals surface area (Å²) in [6.45, 7) is 3.62. The molecule has 0 saturated carbocycles. The highest BCUT2D eigenvalue weighted by molar-refractivity contribution is 5.97. The third-order valence-electron chi connectivity index (χ3n) is 2.80. The van der Waals surface area contributed by atoms with Crippen molar-refractivity contribution in [1.82, 2.24) is 5.32 Å². The summed E-state index contributed by atoms with van der Waals surface area (Å²) in [4.78, 5) is 34.9. The number of amides is 1. The van der Waals surface area contributed by atoms with Gasteiger partial charge in [-0.25, -0.2) is 4.79 Å². The molecule has 1 amide bonds. The first kappa shape index (κ1) is 16.4. The third-order valence-corrected chi connectivity index (χ3v) is 2.80. The summed E-state index contributed by atoms with van der Waals surface area (Å²) in [7, 11) is 2.38. The van der Waals surface area contributed by atoms with Crippen LogP contribution in [-0.2, 0) is 19.1 Å². The fraction of sp³-hybridized carbons (Fsp3) is 0.267. The summed E-state index contributed by atoms with van der Waals surface area (Å²) in [6.07, 6.45) is 1.36. The van der Waals surface area contributed by atoms with Gasteiger partial charge in [0.1, 0.15) is 6.04 Å². The molecule has 1 rings (SSSR count). The first-order valence-electron chi connectivity index (χ1n) is 6.19. The van der Waals surface area contributed by atoms with Gasteiger partial charge in [0.2, 0.25) is 0 Å². The zero-order chi connectivity index (χ0) is 15.8. The van der Waals surface area contributed by atoms with E-state index < -0.39 is 23.9 Å². The summed E-state index contributed by atoms with van der Waals surface area (Å²) in [5.74, 6) is -1.81. The molecule has 0 aliphatic carbocycles. The summed E-state index contributed by atoms with van der Waals surface area (Å²) in [5, 5.41) is 2.45. The first-order chi connectivity index (χ1) is 10.0. The van der Waals surface area contributed by atoms with E-state index in [1.807, 2.05) is 0 Å². The van der Waals surface area contributed by atoms with Crippen LogP contribution in [0.4, 0.5) is 0 Å². The molecule has 0 bridgehead atoms. The molecule has 1 N–H and O–H groups in total. The van der Waals surface area contributed by atoms with Crippen molar-refractivity contribution < 1.29 is 23.9 Å². The molecule has 0 radical (unpaired) electrons. The normalized spacial score (nSPS) is 11.1. The Morgan fingerprint density at radius 1 is 1.19 bits per heavy atom. The van der Waals surface area contributed by atoms with Crippen LogP contribution in [0.3, 0.4) is 0 Å². The summed E-state index contributed by atoms with van der Waals surface area (Å²) in [6, 6.07) is 5.54. The van der Waals surface area contributed by atoms with E-state index >= 15 is 0 Å². The second-order valence-electron chi connectivity index (χ2n) is 4.16. The maximum atomic E-state index is 12.0. The average molecular weight is 291 g/mol. The number of benzene rings is 1. The highest BCUT2D eigenvalue weighted by Gasteiger charge is 2.25. The molecular weight excluding hydrogens is 274 g/mol. The number of carbonyl (C=O) groups is 3. The number of ether oxygens (including phenoxy) is 2. The Morgan fingerprint density at radius 2 is 1.81 bits per heavy atom. The Hall–Kier alpha value is -2.63. The quantitative estimate of drug-likeness (QED) is 0.795. The number of esters is 2. The molecule has 1 aromatic carbocycles. The second kappa shape index (κ2) is 7.84. The van der Waals surface area contributed by atoms with Crippen molar-refractivity contribution in [1.29, 1.82) is 0 Å². The minimum Gasteiger partial charge on any atom is -0.469 e. The second-order valence-corrected chi connectivity index (χ2v) is 4.16. The van der Waals surface area contributed by atoms with Crippen molar-refractivity contribution in [3.8, 4) is 0 Å². The van der Waals surface area contributed by atoms with E-state index in [0.29, 0.717) is 5.56 Å². The predicted molar refractivity (Wildman–Crippen MR) is 76.4 cm³/mol. The van der Waals surface area contributed by atoms with Gasteiger partial charge in [-0.15, -0.1) is 0 Å². The zero-order valence-corrected chi connectivity index (χ0v) is 11.9. The third kappa shape index (κ3) is 4.76. The number of methoxy groups -OCH3 is 2. The Balaban J connectivity index is 2.80. The molecule has 0 aromatic heterocycles. The van der Waals surface area contributed by atoms with Crippen molar-refractivity contribution in [2.24, 2.45) is 0 Å². The Labute approximate surface area is 122 Å². The van der Waals surface area contributed by atoms with Gasteiger partial charge in [-0.3, -0.25) is 9.59 Å². The maximum Gasteiger partial charge on any atom is 0.328 e. The lowest BCUT2D eigenvalue weighted by atomic mass is 10.1. The molecule has 6 heteroatoms. The van der Waals surface area contributed by atoms with Gasteiger partial charge in [-0.05, 0) is 17.7 Å². The van der Waals surface area contributed by atoms with Gasteiger partial charge >= 0.3 is 11.9 Å². The minimum atomic E-state index is -1.09. The minimum absolute atomic E-state index is 0.292. The molecule has 0 saturated heterocycles. The van der Waals surface area contributed by atoms with E-state index in [1.54, 1.807) is 30.3 Å². The van der Waals surface area contributed by atoms with Crippen LogP contribution in [0.1, 0.15) is 22.3 Å².